The number of amides is 1. The summed E-state index contributed by atoms with van der Waals surface area (Å²) >= 11 is 0. The number of methoxy groups -OCH3 is 1. The molecule has 2 aliphatic rings. The molecule has 5 nitrogen and oxygen atoms in total. The van der Waals surface area contributed by atoms with Crippen LogP contribution in [0.1, 0.15) is 30.4 Å². The number of carbonyl (C=O) groups is 1. The lowest BCUT2D eigenvalue weighted by atomic mass is 9.94. The molecule has 0 aliphatic carbocycles. The summed E-state index contributed by atoms with van der Waals surface area (Å²) in [4.78, 5) is 19.2. The number of hydrogen-bond acceptors (Lipinski definition) is 4. The Kier molecular flexibility index (Phi) is 4.87. The van der Waals surface area contributed by atoms with Gasteiger partial charge in [0.2, 0.25) is 5.88 Å². The molecule has 2 unspecified atom stereocenters. The van der Waals surface area contributed by atoms with Gasteiger partial charge < -0.3 is 9.47 Å². The van der Waals surface area contributed by atoms with Gasteiger partial charge in [-0.2, -0.15) is 0 Å². The summed E-state index contributed by atoms with van der Waals surface area (Å²) in [5.41, 5.74) is 4.42. The SMILES string of the molecule is COc1ccc2cc(C3=CC4CCC(C3)N4C(=O)OCc3ccccc3)ccc2n1. The number of fused-ring (bicyclic) bond motifs is 3. The standard InChI is InChI=1S/C25H24N2O3/c1-29-24-12-8-19-13-18(7-11-23(19)26-24)20-14-21-9-10-22(15-20)27(21)25(28)30-16-17-5-3-2-4-6-17/h2-8,11-14,21-22H,9-10,15-16H2,1H3. The molecular weight excluding hydrogens is 376 g/mol. The molecule has 2 atom stereocenters. The van der Waals surface area contributed by atoms with Gasteiger partial charge >= 0.3 is 6.09 Å². The molecule has 1 amide bonds. The summed E-state index contributed by atoms with van der Waals surface area (Å²) < 4.78 is 10.8. The summed E-state index contributed by atoms with van der Waals surface area (Å²) in [5, 5.41) is 1.09. The second kappa shape index (κ2) is 7.82. The summed E-state index contributed by atoms with van der Waals surface area (Å²) in [7, 11) is 1.63. The van der Waals surface area contributed by atoms with Gasteiger partial charge in [0.25, 0.3) is 0 Å². The van der Waals surface area contributed by atoms with Crippen LogP contribution >= 0.6 is 0 Å². The molecule has 1 saturated heterocycles. The third-order valence-electron chi connectivity index (χ3n) is 6.05. The van der Waals surface area contributed by atoms with Crippen molar-refractivity contribution in [1.82, 2.24) is 9.88 Å². The first-order valence-corrected chi connectivity index (χ1v) is 10.4. The Balaban J connectivity index is 1.33. The van der Waals surface area contributed by atoms with Gasteiger partial charge in [-0.05, 0) is 54.2 Å². The molecule has 30 heavy (non-hydrogen) atoms. The van der Waals surface area contributed by atoms with Gasteiger partial charge in [0.1, 0.15) is 6.61 Å². The molecule has 5 heteroatoms. The molecular formula is C25H24N2O3. The Labute approximate surface area is 175 Å². The number of pyridine rings is 1. The van der Waals surface area contributed by atoms with Crippen molar-refractivity contribution in [3.63, 3.8) is 0 Å². The fourth-order valence-corrected chi connectivity index (χ4v) is 4.54. The molecule has 5 rings (SSSR count). The molecule has 2 aromatic carbocycles. The van der Waals surface area contributed by atoms with E-state index in [0.29, 0.717) is 12.5 Å². The van der Waals surface area contributed by atoms with E-state index in [1.165, 1.54) is 11.1 Å². The van der Waals surface area contributed by atoms with E-state index in [-0.39, 0.29) is 18.2 Å². The number of hydrogen-bond donors (Lipinski definition) is 0. The number of carbonyl (C=O) groups excluding carboxylic acids is 1. The molecule has 0 saturated carbocycles. The van der Waals surface area contributed by atoms with Crippen LogP contribution in [0.5, 0.6) is 5.88 Å². The van der Waals surface area contributed by atoms with E-state index < -0.39 is 0 Å². The van der Waals surface area contributed by atoms with Crippen molar-refractivity contribution in [3.8, 4) is 5.88 Å². The van der Waals surface area contributed by atoms with Crippen LogP contribution in [0.25, 0.3) is 16.5 Å². The van der Waals surface area contributed by atoms with Gasteiger partial charge in [-0.1, -0.05) is 42.5 Å². The highest BCUT2D eigenvalue weighted by atomic mass is 16.6. The fraction of sp³-hybridized carbons (Fsp3) is 0.280. The molecule has 3 heterocycles. The van der Waals surface area contributed by atoms with E-state index in [9.17, 15) is 4.79 Å². The normalized spacial score (nSPS) is 20.2. The molecule has 2 aliphatic heterocycles. The van der Waals surface area contributed by atoms with Crippen LogP contribution in [0.15, 0.2) is 66.7 Å². The highest BCUT2D eigenvalue weighted by Gasteiger charge is 2.40. The third-order valence-corrected chi connectivity index (χ3v) is 6.05. The molecule has 1 fully saturated rings. The highest BCUT2D eigenvalue weighted by molar-refractivity contribution is 5.85. The lowest BCUT2D eigenvalue weighted by molar-refractivity contribution is 0.0832. The zero-order valence-electron chi connectivity index (χ0n) is 17.0. The zero-order valence-corrected chi connectivity index (χ0v) is 17.0. The minimum absolute atomic E-state index is 0.103. The first kappa shape index (κ1) is 18.7. The topological polar surface area (TPSA) is 51.7 Å². The first-order valence-electron chi connectivity index (χ1n) is 10.4. The van der Waals surface area contributed by atoms with Crippen molar-refractivity contribution in [1.29, 1.82) is 0 Å². The zero-order chi connectivity index (χ0) is 20.5. The Hall–Kier alpha value is -3.34. The lowest BCUT2D eigenvalue weighted by Gasteiger charge is -2.33. The van der Waals surface area contributed by atoms with E-state index in [2.05, 4.69) is 23.2 Å². The van der Waals surface area contributed by atoms with Gasteiger partial charge in [-0.15, -0.1) is 0 Å². The number of nitrogens with zero attached hydrogens (tertiary/aromatic N) is 2. The van der Waals surface area contributed by atoms with E-state index in [4.69, 9.17) is 9.47 Å². The number of benzene rings is 2. The Morgan fingerprint density at radius 2 is 1.97 bits per heavy atom. The first-order chi connectivity index (χ1) is 14.7. The van der Waals surface area contributed by atoms with E-state index in [1.54, 1.807) is 7.11 Å². The Bertz CT molecular complexity index is 1110. The van der Waals surface area contributed by atoms with Crippen molar-refractivity contribution in [2.75, 3.05) is 7.11 Å². The summed E-state index contributed by atoms with van der Waals surface area (Å²) in [6.45, 7) is 0.313. The van der Waals surface area contributed by atoms with Gasteiger partial charge in [0.15, 0.2) is 0 Å². The van der Waals surface area contributed by atoms with Gasteiger partial charge in [-0.3, -0.25) is 4.90 Å². The van der Waals surface area contributed by atoms with Gasteiger partial charge in [0, 0.05) is 17.5 Å². The molecule has 1 aromatic heterocycles. The Morgan fingerprint density at radius 3 is 2.77 bits per heavy atom. The average Bonchev–Trinajstić information content (AvgIpc) is 3.06. The predicted octanol–water partition coefficient (Wildman–Crippen LogP) is 5.20. The average molecular weight is 400 g/mol. The van der Waals surface area contributed by atoms with Crippen molar-refractivity contribution in [3.05, 3.63) is 77.9 Å². The van der Waals surface area contributed by atoms with Crippen LogP contribution in [0, 0.1) is 0 Å². The molecule has 3 aromatic rings. The molecule has 152 valence electrons. The molecule has 0 radical (unpaired) electrons. The monoisotopic (exact) mass is 400 g/mol. The largest absolute Gasteiger partial charge is 0.481 e. The van der Waals surface area contributed by atoms with Crippen molar-refractivity contribution < 1.29 is 14.3 Å². The molecule has 2 bridgehead atoms. The second-order valence-corrected chi connectivity index (χ2v) is 7.90. The van der Waals surface area contributed by atoms with Crippen molar-refractivity contribution in [2.24, 2.45) is 0 Å². The molecule has 0 spiro atoms. The second-order valence-electron chi connectivity index (χ2n) is 7.90. The van der Waals surface area contributed by atoms with Gasteiger partial charge in [0.05, 0.1) is 18.7 Å². The maximum atomic E-state index is 12.8. The number of aromatic nitrogens is 1. The minimum Gasteiger partial charge on any atom is -0.481 e. The Morgan fingerprint density at radius 1 is 1.10 bits per heavy atom. The van der Waals surface area contributed by atoms with Crippen LogP contribution in [0.4, 0.5) is 4.79 Å². The van der Waals surface area contributed by atoms with Crippen LogP contribution in [-0.4, -0.2) is 35.2 Å². The van der Waals surface area contributed by atoms with Crippen LogP contribution in [0.2, 0.25) is 0 Å². The fourth-order valence-electron chi connectivity index (χ4n) is 4.54. The maximum Gasteiger partial charge on any atom is 0.410 e. The van der Waals surface area contributed by atoms with E-state index >= 15 is 0 Å². The summed E-state index contributed by atoms with van der Waals surface area (Å²) in [5.74, 6) is 0.620. The summed E-state index contributed by atoms with van der Waals surface area (Å²) in [6.07, 6.45) is 4.88. The third kappa shape index (κ3) is 3.52. The van der Waals surface area contributed by atoms with E-state index in [1.807, 2.05) is 53.4 Å². The maximum absolute atomic E-state index is 12.8. The highest BCUT2D eigenvalue weighted by Crippen LogP contribution is 2.39. The minimum atomic E-state index is -0.212. The van der Waals surface area contributed by atoms with Crippen molar-refractivity contribution in [2.45, 2.75) is 38.0 Å². The van der Waals surface area contributed by atoms with Crippen LogP contribution in [0.3, 0.4) is 0 Å². The van der Waals surface area contributed by atoms with Crippen LogP contribution < -0.4 is 4.74 Å². The number of ether oxygens (including phenoxy) is 2. The van der Waals surface area contributed by atoms with E-state index in [0.717, 1.165) is 35.7 Å². The predicted molar refractivity (Wildman–Crippen MR) is 116 cm³/mol. The quantitative estimate of drug-likeness (QED) is 0.604. The lowest BCUT2D eigenvalue weighted by Crippen LogP contribution is -2.43. The van der Waals surface area contributed by atoms with Crippen LogP contribution in [-0.2, 0) is 11.3 Å². The van der Waals surface area contributed by atoms with Gasteiger partial charge in [-0.25, -0.2) is 9.78 Å². The van der Waals surface area contributed by atoms with Crippen molar-refractivity contribution >= 4 is 22.6 Å². The summed E-state index contributed by atoms with van der Waals surface area (Å²) in [6, 6.07) is 20.4. The molecule has 0 N–H and O–H groups in total. The smallest absolute Gasteiger partial charge is 0.410 e. The number of rotatable bonds is 4.